The molecule has 4 aromatic rings. The molecule has 4 aliphatic rings. The van der Waals surface area contributed by atoms with Gasteiger partial charge < -0.3 is 38.5 Å². The number of nitrogens with zero attached hydrogens (tertiary/aromatic N) is 4. The summed E-state index contributed by atoms with van der Waals surface area (Å²) in [5.41, 5.74) is -2.07. The topological polar surface area (TPSA) is 118 Å². The van der Waals surface area contributed by atoms with Crippen LogP contribution in [0.15, 0.2) is 97.1 Å². The van der Waals surface area contributed by atoms with E-state index in [2.05, 4.69) is 9.80 Å². The minimum Gasteiger partial charge on any atom is -0.444 e. The number of cyclic esters (lactones) is 2. The zero-order valence-electron chi connectivity index (χ0n) is 38.4. The molecule has 2 atom stereocenters. The molecule has 362 valence electrons. The molecule has 4 fully saturated rings. The summed E-state index contributed by atoms with van der Waals surface area (Å²) in [6.45, 7) is 9.35. The molecule has 4 aromatic carbocycles. The Morgan fingerprint density at radius 2 is 0.794 bits per heavy atom. The maximum Gasteiger partial charge on any atom is 0.418 e. The number of benzene rings is 4. The van der Waals surface area contributed by atoms with E-state index in [0.29, 0.717) is 126 Å². The number of esters is 2. The Morgan fingerprint density at radius 1 is 0.515 bits per heavy atom. The molecule has 0 saturated carbocycles. The number of carbonyl (C=O) groups is 4. The lowest BCUT2D eigenvalue weighted by Crippen LogP contribution is -2.50. The second-order valence-corrected chi connectivity index (χ2v) is 18.2. The van der Waals surface area contributed by atoms with Crippen LogP contribution >= 0.6 is 0 Å². The van der Waals surface area contributed by atoms with Crippen LogP contribution in [0.4, 0.5) is 27.2 Å². The third-order valence-electron chi connectivity index (χ3n) is 14.3. The van der Waals surface area contributed by atoms with Crippen LogP contribution in [0.25, 0.3) is 0 Å². The van der Waals surface area contributed by atoms with Crippen molar-refractivity contribution in [1.29, 1.82) is 0 Å². The summed E-state index contributed by atoms with van der Waals surface area (Å²) < 4.78 is 82.9. The van der Waals surface area contributed by atoms with E-state index in [-0.39, 0.29) is 24.4 Å². The molecular formula is C52H58F4N4O8. The van der Waals surface area contributed by atoms with E-state index in [9.17, 15) is 36.7 Å². The summed E-state index contributed by atoms with van der Waals surface area (Å²) in [5.74, 6) is -5.94. The summed E-state index contributed by atoms with van der Waals surface area (Å²) in [7, 11) is 0. The summed E-state index contributed by atoms with van der Waals surface area (Å²) >= 11 is 0. The van der Waals surface area contributed by atoms with Gasteiger partial charge in [0.1, 0.15) is 35.5 Å². The monoisotopic (exact) mass is 942 g/mol. The summed E-state index contributed by atoms with van der Waals surface area (Å²) in [4.78, 5) is 61.9. The predicted molar refractivity (Wildman–Crippen MR) is 242 cm³/mol. The highest BCUT2D eigenvalue weighted by Crippen LogP contribution is 2.48. The largest absolute Gasteiger partial charge is 0.444 e. The van der Waals surface area contributed by atoms with Crippen LogP contribution < -0.4 is 0 Å². The highest BCUT2D eigenvalue weighted by atomic mass is 19.1. The maximum atomic E-state index is 14.9. The SMILES string of the molecule is CCN1CC(CCN2CCC(C(OC(=O)C(=O)OC(c3ccc(F)cc3)(c3ccc(F)cc3)C3CCN(CCC4CN(CC)C(=O)O4)CC3)(c3ccc(F)cc3)c3ccc(F)cc3)CC2)OC1=O. The van der Waals surface area contributed by atoms with Gasteiger partial charge in [0.15, 0.2) is 11.2 Å². The normalized spacial score (nSPS) is 20.1. The smallest absolute Gasteiger partial charge is 0.418 e. The lowest BCUT2D eigenvalue weighted by atomic mass is 9.71. The molecule has 12 nitrogen and oxygen atoms in total. The van der Waals surface area contributed by atoms with E-state index in [1.807, 2.05) is 13.8 Å². The number of halogens is 4. The van der Waals surface area contributed by atoms with Gasteiger partial charge in [0.05, 0.1) is 13.1 Å². The zero-order valence-corrected chi connectivity index (χ0v) is 38.4. The molecule has 0 bridgehead atoms. The number of likely N-dealkylation sites (N-methyl/N-ethyl adjacent to an activating group) is 2. The van der Waals surface area contributed by atoms with Gasteiger partial charge in [-0.05, 0) is 127 Å². The molecule has 0 spiro atoms. The molecule has 8 rings (SSSR count). The molecule has 4 saturated heterocycles. The Morgan fingerprint density at radius 3 is 1.04 bits per heavy atom. The standard InChI is InChI=1S/C52H58F4N4O8/c1-3-59-33-45(65-49(59)63)25-31-57-27-21-39(22-28-57)51(35-5-13-41(53)14-6-35,36-7-15-42(54)16-8-36)67-47(61)48(62)68-52(37-9-17-43(55)18-10-37,38-11-19-44(56)20-12-38)40-23-29-58(30-24-40)32-26-46-34-60(4-2)50(64)66-46/h5-20,39-40,45-46H,3-4,21-34H2,1-2H3. The van der Waals surface area contributed by atoms with Gasteiger partial charge in [-0.25, -0.2) is 36.7 Å². The quantitative estimate of drug-likeness (QED) is 0.0469. The summed E-state index contributed by atoms with van der Waals surface area (Å²) in [6.07, 6.45) is 1.85. The van der Waals surface area contributed by atoms with E-state index >= 15 is 0 Å². The van der Waals surface area contributed by atoms with Crippen molar-refractivity contribution in [2.75, 3.05) is 65.4 Å². The first-order valence-corrected chi connectivity index (χ1v) is 23.7. The highest BCUT2D eigenvalue weighted by molar-refractivity contribution is 6.30. The fourth-order valence-corrected chi connectivity index (χ4v) is 10.6. The number of likely N-dealkylation sites (tertiary alicyclic amines) is 2. The average molecular weight is 943 g/mol. The summed E-state index contributed by atoms with van der Waals surface area (Å²) in [5, 5.41) is 0. The van der Waals surface area contributed by atoms with E-state index in [0.717, 1.165) is 0 Å². The molecule has 2 amide bonds. The van der Waals surface area contributed by atoms with Crippen LogP contribution in [-0.4, -0.2) is 121 Å². The molecule has 68 heavy (non-hydrogen) atoms. The Balaban J connectivity index is 1.09. The number of ether oxygens (including phenoxy) is 4. The van der Waals surface area contributed by atoms with Gasteiger partial charge in [0, 0.05) is 60.3 Å². The van der Waals surface area contributed by atoms with Gasteiger partial charge in [-0.15, -0.1) is 0 Å². The third-order valence-corrected chi connectivity index (χ3v) is 14.3. The molecule has 0 N–H and O–H groups in total. The second-order valence-electron chi connectivity index (χ2n) is 18.2. The Hall–Kier alpha value is -6.00. The van der Waals surface area contributed by atoms with Crippen LogP contribution in [0.5, 0.6) is 0 Å². The zero-order chi connectivity index (χ0) is 48.0. The first-order valence-electron chi connectivity index (χ1n) is 23.7. The minimum absolute atomic E-state index is 0.244. The van der Waals surface area contributed by atoms with Gasteiger partial charge in [-0.1, -0.05) is 48.5 Å². The summed E-state index contributed by atoms with van der Waals surface area (Å²) in [6, 6.07) is 21.8. The van der Waals surface area contributed by atoms with E-state index in [4.69, 9.17) is 18.9 Å². The Labute approximate surface area is 394 Å². The molecular weight excluding hydrogens is 885 g/mol. The van der Waals surface area contributed by atoms with E-state index < -0.39 is 58.2 Å². The molecule has 4 heterocycles. The molecule has 16 heteroatoms. The van der Waals surface area contributed by atoms with Gasteiger partial charge >= 0.3 is 24.1 Å². The third kappa shape index (κ3) is 10.4. The number of hydrogen-bond donors (Lipinski definition) is 0. The molecule has 0 aliphatic carbocycles. The van der Waals surface area contributed by atoms with Crippen molar-refractivity contribution < 1.29 is 55.7 Å². The van der Waals surface area contributed by atoms with Crippen molar-refractivity contribution in [3.05, 3.63) is 143 Å². The van der Waals surface area contributed by atoms with Crippen molar-refractivity contribution in [2.45, 2.75) is 75.8 Å². The molecule has 0 aromatic heterocycles. The lowest BCUT2D eigenvalue weighted by molar-refractivity contribution is -0.191. The second kappa shape index (κ2) is 21.1. The first-order chi connectivity index (χ1) is 32.8. The minimum atomic E-state index is -1.74. The number of carbonyl (C=O) groups excluding carboxylic acids is 4. The highest BCUT2D eigenvalue weighted by Gasteiger charge is 2.52. The number of piperidine rings is 2. The van der Waals surface area contributed by atoms with Crippen molar-refractivity contribution >= 4 is 24.1 Å². The Kier molecular flexibility index (Phi) is 15.0. The lowest BCUT2D eigenvalue weighted by Gasteiger charge is -2.46. The van der Waals surface area contributed by atoms with Crippen molar-refractivity contribution in [3.8, 4) is 0 Å². The number of rotatable bonds is 16. The van der Waals surface area contributed by atoms with Crippen LogP contribution in [0.3, 0.4) is 0 Å². The number of hydrogen-bond acceptors (Lipinski definition) is 10. The molecule has 4 aliphatic heterocycles. The van der Waals surface area contributed by atoms with Gasteiger partial charge in [-0.3, -0.25) is 0 Å². The fourth-order valence-electron chi connectivity index (χ4n) is 10.6. The molecule has 2 unspecified atom stereocenters. The van der Waals surface area contributed by atoms with E-state index in [1.54, 1.807) is 9.80 Å². The average Bonchev–Trinajstić information content (AvgIpc) is 3.92. The van der Waals surface area contributed by atoms with Crippen molar-refractivity contribution in [1.82, 2.24) is 19.6 Å². The van der Waals surface area contributed by atoms with Crippen LogP contribution in [0, 0.1) is 35.1 Å². The predicted octanol–water partition coefficient (Wildman–Crippen LogP) is 8.40. The first kappa shape index (κ1) is 48.5. The number of amides is 2. The van der Waals surface area contributed by atoms with Crippen molar-refractivity contribution in [2.24, 2.45) is 11.8 Å². The fraction of sp³-hybridized carbons (Fsp3) is 0.462. The maximum absolute atomic E-state index is 14.9. The van der Waals surface area contributed by atoms with Crippen molar-refractivity contribution in [3.63, 3.8) is 0 Å². The molecule has 0 radical (unpaired) electrons. The van der Waals surface area contributed by atoms with E-state index in [1.165, 1.54) is 97.1 Å². The Bertz CT molecular complexity index is 2120. The van der Waals surface area contributed by atoms with Crippen LogP contribution in [-0.2, 0) is 39.7 Å². The van der Waals surface area contributed by atoms with Crippen LogP contribution in [0.1, 0.15) is 74.6 Å². The van der Waals surface area contributed by atoms with Gasteiger partial charge in [-0.2, -0.15) is 0 Å². The van der Waals surface area contributed by atoms with Crippen LogP contribution in [0.2, 0.25) is 0 Å². The van der Waals surface area contributed by atoms with Gasteiger partial charge in [0.2, 0.25) is 0 Å². The van der Waals surface area contributed by atoms with Gasteiger partial charge in [0.25, 0.3) is 0 Å².